The number of likely N-dealkylation sites (N-methyl/N-ethyl adjacent to an activating group) is 1. The van der Waals surface area contributed by atoms with Crippen molar-refractivity contribution in [1.29, 1.82) is 0 Å². The Morgan fingerprint density at radius 3 is 2.40 bits per heavy atom. The van der Waals surface area contributed by atoms with Gasteiger partial charge in [0.2, 0.25) is 5.95 Å². The van der Waals surface area contributed by atoms with E-state index in [4.69, 9.17) is 5.73 Å². The lowest BCUT2D eigenvalue weighted by Crippen LogP contribution is -2.44. The lowest BCUT2D eigenvalue weighted by molar-refractivity contribution is 0.313. The number of rotatable bonds is 4. The topological polar surface area (TPSA) is 87.6 Å². The minimum atomic E-state index is 0.497. The first-order valence-corrected chi connectivity index (χ1v) is 10.0. The average molecular weight is 400 g/mol. The van der Waals surface area contributed by atoms with Crippen molar-refractivity contribution in [3.05, 3.63) is 60.9 Å². The van der Waals surface area contributed by atoms with Gasteiger partial charge in [0.25, 0.3) is 0 Å². The number of hydrogen-bond donors (Lipinski definition) is 2. The molecule has 8 heteroatoms. The highest BCUT2D eigenvalue weighted by molar-refractivity contribution is 5.67. The largest absolute Gasteiger partial charge is 0.384 e. The van der Waals surface area contributed by atoms with Gasteiger partial charge in [-0.2, -0.15) is 0 Å². The molecule has 0 aliphatic carbocycles. The fraction of sp³-hybridized carbons (Fsp3) is 0.227. The number of nitrogens with two attached hydrogens (primary N) is 1. The number of hydrogen-bond acceptors (Lipinski definition) is 7. The molecule has 0 bridgehead atoms. The van der Waals surface area contributed by atoms with Crippen LogP contribution < -0.4 is 16.0 Å². The monoisotopic (exact) mass is 400 g/mol. The average Bonchev–Trinajstić information content (AvgIpc) is 3.19. The van der Waals surface area contributed by atoms with Gasteiger partial charge in [-0.25, -0.2) is 14.5 Å². The molecule has 3 N–H and O–H groups in total. The first-order valence-electron chi connectivity index (χ1n) is 10.0. The van der Waals surface area contributed by atoms with Crippen LogP contribution >= 0.6 is 0 Å². The first-order chi connectivity index (χ1) is 14.7. The highest BCUT2D eigenvalue weighted by atomic mass is 15.3. The second kappa shape index (κ2) is 7.64. The Morgan fingerprint density at radius 1 is 0.867 bits per heavy atom. The number of aromatic nitrogens is 4. The maximum absolute atomic E-state index is 5.71. The summed E-state index contributed by atoms with van der Waals surface area (Å²) in [5.74, 6) is 1.03. The van der Waals surface area contributed by atoms with Gasteiger partial charge in [0.05, 0.1) is 17.4 Å². The molecule has 0 radical (unpaired) electrons. The van der Waals surface area contributed by atoms with E-state index in [-0.39, 0.29) is 0 Å². The zero-order chi connectivity index (χ0) is 20.5. The van der Waals surface area contributed by atoms with E-state index in [0.717, 1.165) is 48.6 Å². The molecule has 4 heterocycles. The molecular formula is C22H24N8. The van der Waals surface area contributed by atoms with Crippen LogP contribution in [0.15, 0.2) is 60.9 Å². The highest BCUT2D eigenvalue weighted by Gasteiger charge is 2.14. The summed E-state index contributed by atoms with van der Waals surface area (Å²) in [6.07, 6.45) is 3.56. The summed E-state index contributed by atoms with van der Waals surface area (Å²) in [5, 5.41) is 7.97. The number of anilines is 4. The van der Waals surface area contributed by atoms with Gasteiger partial charge in [-0.1, -0.05) is 0 Å². The number of pyridine rings is 1. The summed E-state index contributed by atoms with van der Waals surface area (Å²) < 4.78 is 1.86. The third-order valence-electron chi connectivity index (χ3n) is 5.47. The number of fused-ring (bicyclic) bond motifs is 1. The zero-order valence-corrected chi connectivity index (χ0v) is 16.9. The predicted molar refractivity (Wildman–Crippen MR) is 120 cm³/mol. The van der Waals surface area contributed by atoms with Crippen LogP contribution in [-0.4, -0.2) is 57.7 Å². The highest BCUT2D eigenvalue weighted by Crippen LogP contribution is 2.24. The molecule has 8 nitrogen and oxygen atoms in total. The van der Waals surface area contributed by atoms with E-state index in [0.29, 0.717) is 11.8 Å². The van der Waals surface area contributed by atoms with Crippen molar-refractivity contribution in [2.24, 2.45) is 0 Å². The number of nitrogens with zero attached hydrogens (tertiary/aromatic N) is 6. The Morgan fingerprint density at radius 2 is 1.67 bits per heavy atom. The van der Waals surface area contributed by atoms with Crippen molar-refractivity contribution in [3.8, 4) is 11.3 Å². The van der Waals surface area contributed by atoms with Gasteiger partial charge in [0.15, 0.2) is 0 Å². The summed E-state index contributed by atoms with van der Waals surface area (Å²) in [6.45, 7) is 4.30. The molecule has 0 saturated carbocycles. The molecule has 1 aliphatic heterocycles. The summed E-state index contributed by atoms with van der Waals surface area (Å²) in [7, 11) is 2.17. The van der Waals surface area contributed by atoms with Crippen LogP contribution in [0.3, 0.4) is 0 Å². The Balaban J connectivity index is 1.36. The predicted octanol–water partition coefficient (Wildman–Crippen LogP) is 2.87. The van der Waals surface area contributed by atoms with E-state index in [9.17, 15) is 0 Å². The Hall–Kier alpha value is -3.65. The molecule has 3 aromatic heterocycles. The summed E-state index contributed by atoms with van der Waals surface area (Å²) in [5.41, 5.74) is 10.7. The molecular weight excluding hydrogens is 376 g/mol. The minimum Gasteiger partial charge on any atom is -0.384 e. The van der Waals surface area contributed by atoms with Crippen molar-refractivity contribution in [3.63, 3.8) is 0 Å². The fourth-order valence-corrected chi connectivity index (χ4v) is 3.68. The first kappa shape index (κ1) is 18.4. The van der Waals surface area contributed by atoms with Gasteiger partial charge in [-0.15, -0.1) is 5.10 Å². The van der Waals surface area contributed by atoms with Crippen molar-refractivity contribution in [1.82, 2.24) is 24.5 Å². The minimum absolute atomic E-state index is 0.497. The molecule has 152 valence electrons. The second-order valence-electron chi connectivity index (χ2n) is 7.57. The van der Waals surface area contributed by atoms with Crippen LogP contribution in [-0.2, 0) is 0 Å². The van der Waals surface area contributed by atoms with Crippen molar-refractivity contribution >= 4 is 28.7 Å². The maximum Gasteiger partial charge on any atom is 0.245 e. The molecule has 0 unspecified atom stereocenters. The van der Waals surface area contributed by atoms with Gasteiger partial charge in [0.1, 0.15) is 5.82 Å². The van der Waals surface area contributed by atoms with Gasteiger partial charge in [0, 0.05) is 49.3 Å². The third kappa shape index (κ3) is 3.65. The molecule has 30 heavy (non-hydrogen) atoms. The van der Waals surface area contributed by atoms with Crippen LogP contribution in [0.1, 0.15) is 0 Å². The molecule has 1 saturated heterocycles. The molecule has 4 aromatic rings. The number of benzene rings is 1. The Labute approximate surface area is 175 Å². The van der Waals surface area contributed by atoms with E-state index in [1.54, 1.807) is 12.3 Å². The third-order valence-corrected chi connectivity index (χ3v) is 5.47. The van der Waals surface area contributed by atoms with Gasteiger partial charge in [-0.05, 0) is 55.6 Å². The maximum atomic E-state index is 5.71. The molecule has 0 spiro atoms. The smallest absolute Gasteiger partial charge is 0.245 e. The molecule has 1 aromatic carbocycles. The fourth-order valence-electron chi connectivity index (χ4n) is 3.68. The number of nitrogens with one attached hydrogen (secondary N) is 1. The van der Waals surface area contributed by atoms with E-state index in [2.05, 4.69) is 61.5 Å². The van der Waals surface area contributed by atoms with Gasteiger partial charge in [-0.3, -0.25) is 0 Å². The molecule has 1 fully saturated rings. The number of piperazine rings is 1. The standard InChI is InChI=1S/C22H24N8/c1-28-10-12-29(13-11-28)18-5-3-17(4-6-18)26-22-25-15-19-7-8-20(30(19)27-22)16-2-9-21(23)24-14-16/h2-9,14-15H,10-13H2,1H3,(H2,23,24)(H,26,27). The SMILES string of the molecule is CN1CCN(c2ccc(Nc3ncc4ccc(-c5ccc(N)nc5)n4n3)cc2)CC1. The lowest BCUT2D eigenvalue weighted by Gasteiger charge is -2.34. The van der Waals surface area contributed by atoms with Crippen LogP contribution in [0.25, 0.3) is 16.8 Å². The molecule has 0 amide bonds. The van der Waals surface area contributed by atoms with E-state index in [1.807, 2.05) is 28.9 Å². The zero-order valence-electron chi connectivity index (χ0n) is 16.9. The summed E-state index contributed by atoms with van der Waals surface area (Å²) in [4.78, 5) is 13.4. The van der Waals surface area contributed by atoms with Gasteiger partial charge < -0.3 is 20.9 Å². The van der Waals surface area contributed by atoms with Gasteiger partial charge >= 0.3 is 0 Å². The lowest BCUT2D eigenvalue weighted by atomic mass is 10.2. The van der Waals surface area contributed by atoms with E-state index >= 15 is 0 Å². The Kier molecular flexibility index (Phi) is 4.68. The van der Waals surface area contributed by atoms with Crippen LogP contribution in [0, 0.1) is 0 Å². The Bertz CT molecular complexity index is 1140. The van der Waals surface area contributed by atoms with E-state index < -0.39 is 0 Å². The number of nitrogen functional groups attached to an aromatic ring is 1. The van der Waals surface area contributed by atoms with Crippen molar-refractivity contribution in [2.75, 3.05) is 49.2 Å². The van der Waals surface area contributed by atoms with Crippen LogP contribution in [0.4, 0.5) is 23.1 Å². The van der Waals surface area contributed by atoms with Crippen LogP contribution in [0.2, 0.25) is 0 Å². The molecule has 1 aliphatic rings. The second-order valence-corrected chi connectivity index (χ2v) is 7.57. The van der Waals surface area contributed by atoms with E-state index in [1.165, 1.54) is 5.69 Å². The normalized spacial score (nSPS) is 14.9. The van der Waals surface area contributed by atoms with Crippen LogP contribution in [0.5, 0.6) is 0 Å². The quantitative estimate of drug-likeness (QED) is 0.545. The molecule has 0 atom stereocenters. The van der Waals surface area contributed by atoms with Crippen molar-refractivity contribution < 1.29 is 0 Å². The van der Waals surface area contributed by atoms with Crippen molar-refractivity contribution in [2.45, 2.75) is 0 Å². The summed E-state index contributed by atoms with van der Waals surface area (Å²) in [6, 6.07) is 16.2. The molecule has 5 rings (SSSR count). The summed E-state index contributed by atoms with van der Waals surface area (Å²) >= 11 is 0.